The second kappa shape index (κ2) is 11.9. The molecular weight excluding hydrogens is 268 g/mol. The van der Waals surface area contributed by atoms with Crippen LogP contribution in [0.4, 0.5) is 0 Å². The highest BCUT2D eigenvalue weighted by molar-refractivity contribution is 5.34. The summed E-state index contributed by atoms with van der Waals surface area (Å²) < 4.78 is 0. The summed E-state index contributed by atoms with van der Waals surface area (Å²) in [6.07, 6.45) is 18.8. The molecule has 0 saturated heterocycles. The molecule has 1 heteroatoms. The summed E-state index contributed by atoms with van der Waals surface area (Å²) in [4.78, 5) is 0. The number of rotatable bonds is 11. The lowest BCUT2D eigenvalue weighted by atomic mass is 9.94. The van der Waals surface area contributed by atoms with Gasteiger partial charge in [-0.3, -0.25) is 0 Å². The van der Waals surface area contributed by atoms with Gasteiger partial charge in [0.05, 0.1) is 0 Å². The molecule has 0 amide bonds. The van der Waals surface area contributed by atoms with Crippen LogP contribution in [0.2, 0.25) is 0 Å². The third-order valence-corrected chi connectivity index (χ3v) is 3.97. The van der Waals surface area contributed by atoms with Crippen LogP contribution in [0.1, 0.15) is 63.4 Å². The van der Waals surface area contributed by atoms with E-state index in [-0.39, 0.29) is 0 Å². The van der Waals surface area contributed by atoms with Crippen molar-refractivity contribution in [2.45, 2.75) is 57.8 Å². The fraction of sp³-hybridized carbons (Fsp3) is 0.429. The van der Waals surface area contributed by atoms with Gasteiger partial charge in [-0.05, 0) is 36.8 Å². The topological polar surface area (TPSA) is 20.2 Å². The van der Waals surface area contributed by atoms with E-state index in [4.69, 9.17) is 0 Å². The normalized spacial score (nSPS) is 13.0. The first-order valence-electron chi connectivity index (χ1n) is 8.48. The fourth-order valence-electron chi connectivity index (χ4n) is 2.62. The zero-order valence-electron chi connectivity index (χ0n) is 13.9. The van der Waals surface area contributed by atoms with Crippen LogP contribution >= 0.6 is 0 Å². The van der Waals surface area contributed by atoms with Gasteiger partial charge in [-0.15, -0.1) is 0 Å². The van der Waals surface area contributed by atoms with Crippen LogP contribution in [0.15, 0.2) is 61.2 Å². The quantitative estimate of drug-likeness (QED) is 0.364. The summed E-state index contributed by atoms with van der Waals surface area (Å²) in [5.74, 6) is 0.882. The molecule has 1 nitrogen and oxygen atoms in total. The van der Waals surface area contributed by atoms with Gasteiger partial charge in [0, 0.05) is 0 Å². The first-order valence-corrected chi connectivity index (χ1v) is 8.48. The fourth-order valence-corrected chi connectivity index (χ4v) is 2.62. The first-order chi connectivity index (χ1) is 10.8. The van der Waals surface area contributed by atoms with Crippen LogP contribution in [-0.4, -0.2) is 5.11 Å². The summed E-state index contributed by atoms with van der Waals surface area (Å²) in [6, 6.07) is 7.70. The summed E-state index contributed by atoms with van der Waals surface area (Å²) in [6.45, 7) is 5.84. The first kappa shape index (κ1) is 18.3. The summed E-state index contributed by atoms with van der Waals surface area (Å²) in [7, 11) is 0. The molecule has 1 rings (SSSR count). The molecule has 0 aliphatic heterocycles. The molecular formula is C21H30O. The van der Waals surface area contributed by atoms with E-state index < -0.39 is 0 Å². The Morgan fingerprint density at radius 1 is 1.00 bits per heavy atom. The number of benzene rings is 1. The van der Waals surface area contributed by atoms with Gasteiger partial charge in [-0.2, -0.15) is 0 Å². The van der Waals surface area contributed by atoms with Crippen molar-refractivity contribution >= 4 is 0 Å². The van der Waals surface area contributed by atoms with Crippen molar-refractivity contribution in [1.82, 2.24) is 0 Å². The highest BCUT2D eigenvalue weighted by Gasteiger charge is 2.08. The van der Waals surface area contributed by atoms with Gasteiger partial charge < -0.3 is 5.11 Å². The van der Waals surface area contributed by atoms with E-state index >= 15 is 0 Å². The van der Waals surface area contributed by atoms with Gasteiger partial charge in [0.15, 0.2) is 0 Å². The van der Waals surface area contributed by atoms with Crippen LogP contribution in [0, 0.1) is 0 Å². The number of unbranched alkanes of at least 4 members (excludes halogenated alkanes) is 5. The number of allylic oxidation sites excluding steroid dienone is 5. The minimum atomic E-state index is 0.437. The van der Waals surface area contributed by atoms with E-state index in [0.29, 0.717) is 11.7 Å². The van der Waals surface area contributed by atoms with Gasteiger partial charge in [0.2, 0.25) is 0 Å². The maximum absolute atomic E-state index is 9.84. The Hall–Kier alpha value is -1.76. The van der Waals surface area contributed by atoms with Gasteiger partial charge in [-0.25, -0.2) is 0 Å². The number of para-hydroxylation sites is 1. The minimum Gasteiger partial charge on any atom is -0.508 e. The lowest BCUT2D eigenvalue weighted by Gasteiger charge is -2.13. The molecule has 0 bridgehead atoms. The predicted molar refractivity (Wildman–Crippen MR) is 97.3 cm³/mol. The van der Waals surface area contributed by atoms with Crippen molar-refractivity contribution in [3.05, 3.63) is 66.8 Å². The molecule has 0 radical (unpaired) electrons. The smallest absolute Gasteiger partial charge is 0.119 e. The van der Waals surface area contributed by atoms with Crippen molar-refractivity contribution in [3.63, 3.8) is 0 Å². The third kappa shape index (κ3) is 7.87. The Kier molecular flexibility index (Phi) is 9.85. The standard InChI is InChI=1S/C21H30O/c1-3-4-5-6-7-8-9-10-11-12-13-16-19(2)20-17-14-15-18-21(20)22/h3-7,14-15,17-19,22H,1,8-13,16H2,2H3/b5-4+,7-6+. The number of phenolic OH excluding ortho intramolecular Hbond substituents is 1. The van der Waals surface area contributed by atoms with Crippen LogP contribution in [0.3, 0.4) is 0 Å². The van der Waals surface area contributed by atoms with Gasteiger partial charge in [-0.1, -0.05) is 87.8 Å². The van der Waals surface area contributed by atoms with Crippen molar-refractivity contribution in [2.75, 3.05) is 0 Å². The van der Waals surface area contributed by atoms with Crippen molar-refractivity contribution in [2.24, 2.45) is 0 Å². The highest BCUT2D eigenvalue weighted by atomic mass is 16.3. The Balaban J connectivity index is 2.04. The second-order valence-electron chi connectivity index (χ2n) is 5.85. The van der Waals surface area contributed by atoms with Gasteiger partial charge in [0.1, 0.15) is 5.75 Å². The molecule has 1 N–H and O–H groups in total. The highest BCUT2D eigenvalue weighted by Crippen LogP contribution is 2.29. The van der Waals surface area contributed by atoms with E-state index in [2.05, 4.69) is 25.7 Å². The van der Waals surface area contributed by atoms with E-state index in [1.54, 1.807) is 12.1 Å². The molecule has 1 atom stereocenters. The molecule has 1 aromatic carbocycles. The van der Waals surface area contributed by atoms with Crippen molar-refractivity contribution < 1.29 is 5.11 Å². The molecule has 0 aromatic heterocycles. The van der Waals surface area contributed by atoms with Crippen LogP contribution < -0.4 is 0 Å². The van der Waals surface area contributed by atoms with Crippen LogP contribution in [0.5, 0.6) is 5.75 Å². The Bertz CT molecular complexity index is 471. The molecule has 1 aromatic rings. The Morgan fingerprint density at radius 3 is 2.50 bits per heavy atom. The molecule has 120 valence electrons. The van der Waals surface area contributed by atoms with Crippen molar-refractivity contribution in [3.8, 4) is 5.75 Å². The molecule has 0 aliphatic carbocycles. The molecule has 22 heavy (non-hydrogen) atoms. The van der Waals surface area contributed by atoms with E-state index in [1.165, 1.54) is 32.1 Å². The molecule has 1 unspecified atom stereocenters. The average molecular weight is 298 g/mol. The number of hydrogen-bond donors (Lipinski definition) is 1. The summed E-state index contributed by atoms with van der Waals surface area (Å²) >= 11 is 0. The minimum absolute atomic E-state index is 0.437. The van der Waals surface area contributed by atoms with Gasteiger partial charge >= 0.3 is 0 Å². The zero-order valence-corrected chi connectivity index (χ0v) is 13.9. The lowest BCUT2D eigenvalue weighted by molar-refractivity contribution is 0.457. The van der Waals surface area contributed by atoms with E-state index in [1.807, 2.05) is 30.4 Å². The molecule has 0 spiro atoms. The predicted octanol–water partition coefficient (Wildman–Crippen LogP) is 6.52. The Labute approximate surface area is 136 Å². The van der Waals surface area contributed by atoms with E-state index in [0.717, 1.165) is 18.4 Å². The SMILES string of the molecule is C=C/C=C/C=C/CCCCCCCC(C)c1ccccc1O. The maximum atomic E-state index is 9.84. The lowest BCUT2D eigenvalue weighted by Crippen LogP contribution is -1.94. The summed E-state index contributed by atoms with van der Waals surface area (Å²) in [5.41, 5.74) is 1.08. The van der Waals surface area contributed by atoms with Crippen molar-refractivity contribution in [1.29, 1.82) is 0 Å². The molecule has 0 heterocycles. The summed E-state index contributed by atoms with van der Waals surface area (Å²) in [5, 5.41) is 9.84. The maximum Gasteiger partial charge on any atom is 0.119 e. The molecule has 0 aliphatic rings. The van der Waals surface area contributed by atoms with Crippen LogP contribution in [-0.2, 0) is 0 Å². The number of aromatic hydroxyl groups is 1. The molecule has 0 saturated carbocycles. The van der Waals surface area contributed by atoms with Gasteiger partial charge in [0.25, 0.3) is 0 Å². The third-order valence-electron chi connectivity index (χ3n) is 3.97. The zero-order chi connectivity index (χ0) is 16.0. The van der Waals surface area contributed by atoms with E-state index in [9.17, 15) is 5.11 Å². The second-order valence-corrected chi connectivity index (χ2v) is 5.85. The largest absolute Gasteiger partial charge is 0.508 e. The average Bonchev–Trinajstić information content (AvgIpc) is 2.53. The number of hydrogen-bond acceptors (Lipinski definition) is 1. The number of phenols is 1. The Morgan fingerprint density at radius 2 is 1.73 bits per heavy atom. The monoisotopic (exact) mass is 298 g/mol. The molecule has 0 fully saturated rings. The van der Waals surface area contributed by atoms with Crippen LogP contribution in [0.25, 0.3) is 0 Å².